The van der Waals surface area contributed by atoms with Gasteiger partial charge in [0.2, 0.25) is 0 Å². The summed E-state index contributed by atoms with van der Waals surface area (Å²) in [5.41, 5.74) is 0. The van der Waals surface area contributed by atoms with E-state index in [4.69, 9.17) is 4.74 Å². The molecule has 0 heterocycles. The van der Waals surface area contributed by atoms with E-state index < -0.39 is 0 Å². The van der Waals surface area contributed by atoms with Crippen LogP contribution < -0.4 is 0 Å². The van der Waals surface area contributed by atoms with Crippen molar-refractivity contribution in [2.45, 2.75) is 46.5 Å². The summed E-state index contributed by atoms with van der Waals surface area (Å²) in [4.78, 5) is 0. The number of rotatable bonds is 7. The van der Waals surface area contributed by atoms with Crippen LogP contribution in [0, 0.1) is 5.92 Å². The molecule has 68 valence electrons. The summed E-state index contributed by atoms with van der Waals surface area (Å²) >= 11 is 0. The maximum Gasteiger partial charge on any atom is 0.0468 e. The van der Waals surface area contributed by atoms with Gasteiger partial charge in [-0.15, -0.1) is 0 Å². The highest BCUT2D eigenvalue weighted by Crippen LogP contribution is 2.11. The molecule has 0 radical (unpaired) electrons. The Kier molecular flexibility index (Phi) is 8.03. The van der Waals surface area contributed by atoms with Crippen molar-refractivity contribution in [2.75, 3.05) is 13.2 Å². The molecule has 0 bridgehead atoms. The van der Waals surface area contributed by atoms with E-state index in [-0.39, 0.29) is 0 Å². The first kappa shape index (κ1) is 11.0. The van der Waals surface area contributed by atoms with Crippen molar-refractivity contribution in [3.05, 3.63) is 0 Å². The maximum absolute atomic E-state index is 5.28. The molecule has 1 nitrogen and oxygen atoms in total. The van der Waals surface area contributed by atoms with Crippen LogP contribution in [0.2, 0.25) is 0 Å². The third kappa shape index (κ3) is 7.86. The molecule has 1 unspecified atom stereocenters. The van der Waals surface area contributed by atoms with Crippen LogP contribution in [0.15, 0.2) is 0 Å². The van der Waals surface area contributed by atoms with E-state index in [0.29, 0.717) is 0 Å². The van der Waals surface area contributed by atoms with Crippen molar-refractivity contribution in [1.82, 2.24) is 0 Å². The molecule has 11 heavy (non-hydrogen) atoms. The summed E-state index contributed by atoms with van der Waals surface area (Å²) in [6.07, 6.45) is 5.28. The smallest absolute Gasteiger partial charge is 0.0468 e. The van der Waals surface area contributed by atoms with E-state index in [2.05, 4.69) is 20.8 Å². The molecule has 0 aromatic heterocycles. The molecule has 0 fully saturated rings. The van der Waals surface area contributed by atoms with Crippen molar-refractivity contribution >= 4 is 0 Å². The summed E-state index contributed by atoms with van der Waals surface area (Å²) in [5.74, 6) is 0.849. The fourth-order valence-corrected chi connectivity index (χ4v) is 1.13. The molecule has 1 atom stereocenters. The van der Waals surface area contributed by atoms with Crippen molar-refractivity contribution < 1.29 is 4.74 Å². The average molecular weight is 158 g/mol. The Morgan fingerprint density at radius 3 is 2.45 bits per heavy atom. The predicted molar refractivity (Wildman–Crippen MR) is 49.8 cm³/mol. The lowest BCUT2D eigenvalue weighted by molar-refractivity contribution is 0.132. The Balaban J connectivity index is 3.02. The molecule has 0 amide bonds. The first-order chi connectivity index (χ1) is 5.31. The third-order valence-electron chi connectivity index (χ3n) is 2.01. The van der Waals surface area contributed by atoms with E-state index in [0.717, 1.165) is 19.1 Å². The topological polar surface area (TPSA) is 9.23 Å². The van der Waals surface area contributed by atoms with Crippen LogP contribution in [-0.4, -0.2) is 13.2 Å². The fourth-order valence-electron chi connectivity index (χ4n) is 1.13. The number of hydrogen-bond donors (Lipinski definition) is 0. The molecule has 1 heteroatoms. The second kappa shape index (κ2) is 8.06. The van der Waals surface area contributed by atoms with Gasteiger partial charge in [0.05, 0.1) is 0 Å². The van der Waals surface area contributed by atoms with Crippen LogP contribution >= 0.6 is 0 Å². The Morgan fingerprint density at radius 2 is 1.91 bits per heavy atom. The molecule has 0 spiro atoms. The standard InChI is InChI=1S/C10H22O/c1-4-6-7-10(3)8-9-11-5-2/h10H,4-9H2,1-3H3. The minimum absolute atomic E-state index is 0.849. The zero-order valence-corrected chi connectivity index (χ0v) is 8.23. The number of unbranched alkanes of at least 4 members (excludes halogenated alkanes) is 1. The van der Waals surface area contributed by atoms with E-state index in [1.54, 1.807) is 0 Å². The molecule has 0 saturated heterocycles. The van der Waals surface area contributed by atoms with Crippen molar-refractivity contribution in [1.29, 1.82) is 0 Å². The SMILES string of the molecule is CCCCC(C)CCOCC. The molecular weight excluding hydrogens is 136 g/mol. The Morgan fingerprint density at radius 1 is 1.18 bits per heavy atom. The van der Waals surface area contributed by atoms with Crippen molar-refractivity contribution in [3.63, 3.8) is 0 Å². The lowest BCUT2D eigenvalue weighted by Crippen LogP contribution is -2.01. The first-order valence-corrected chi connectivity index (χ1v) is 4.89. The molecule has 0 aromatic rings. The van der Waals surface area contributed by atoms with Gasteiger partial charge in [-0.05, 0) is 19.3 Å². The summed E-state index contributed by atoms with van der Waals surface area (Å²) in [6, 6.07) is 0. The molecule has 0 saturated carbocycles. The molecule has 0 aromatic carbocycles. The highest BCUT2D eigenvalue weighted by molar-refractivity contribution is 4.51. The minimum atomic E-state index is 0.849. The monoisotopic (exact) mass is 158 g/mol. The average Bonchev–Trinajstić information content (AvgIpc) is 2.01. The Hall–Kier alpha value is -0.0400. The van der Waals surface area contributed by atoms with Crippen molar-refractivity contribution in [3.8, 4) is 0 Å². The number of hydrogen-bond acceptors (Lipinski definition) is 1. The summed E-state index contributed by atoms with van der Waals surface area (Å²) in [7, 11) is 0. The van der Waals surface area contributed by atoms with Gasteiger partial charge in [-0.1, -0.05) is 33.1 Å². The highest BCUT2D eigenvalue weighted by Gasteiger charge is 1.99. The van der Waals surface area contributed by atoms with E-state index in [1.165, 1.54) is 25.7 Å². The largest absolute Gasteiger partial charge is 0.382 e. The lowest BCUT2D eigenvalue weighted by Gasteiger charge is -2.09. The zero-order chi connectivity index (χ0) is 8.53. The van der Waals surface area contributed by atoms with Gasteiger partial charge in [0, 0.05) is 13.2 Å². The quantitative estimate of drug-likeness (QED) is 0.517. The van der Waals surface area contributed by atoms with Crippen LogP contribution in [0.3, 0.4) is 0 Å². The van der Waals surface area contributed by atoms with Gasteiger partial charge in [-0.2, -0.15) is 0 Å². The molecule has 0 aliphatic rings. The molecule has 0 aliphatic carbocycles. The van der Waals surface area contributed by atoms with Gasteiger partial charge in [0.1, 0.15) is 0 Å². The normalized spacial score (nSPS) is 13.4. The third-order valence-corrected chi connectivity index (χ3v) is 2.01. The summed E-state index contributed by atoms with van der Waals surface area (Å²) in [5, 5.41) is 0. The van der Waals surface area contributed by atoms with Gasteiger partial charge in [-0.25, -0.2) is 0 Å². The van der Waals surface area contributed by atoms with Crippen LogP contribution in [0.1, 0.15) is 46.5 Å². The van der Waals surface area contributed by atoms with Gasteiger partial charge in [-0.3, -0.25) is 0 Å². The van der Waals surface area contributed by atoms with Gasteiger partial charge in [0.25, 0.3) is 0 Å². The van der Waals surface area contributed by atoms with Crippen molar-refractivity contribution in [2.24, 2.45) is 5.92 Å². The van der Waals surface area contributed by atoms with Gasteiger partial charge < -0.3 is 4.74 Å². The van der Waals surface area contributed by atoms with Crippen LogP contribution in [-0.2, 0) is 4.74 Å². The molecule has 0 rings (SSSR count). The number of ether oxygens (including phenoxy) is 1. The van der Waals surface area contributed by atoms with Crippen LogP contribution in [0.25, 0.3) is 0 Å². The van der Waals surface area contributed by atoms with E-state index in [9.17, 15) is 0 Å². The van der Waals surface area contributed by atoms with Gasteiger partial charge >= 0.3 is 0 Å². The molecule has 0 aliphatic heterocycles. The molecule has 0 N–H and O–H groups in total. The Bertz CT molecular complexity index is 71.3. The summed E-state index contributed by atoms with van der Waals surface area (Å²) in [6.45, 7) is 8.42. The van der Waals surface area contributed by atoms with Gasteiger partial charge in [0.15, 0.2) is 0 Å². The molecular formula is C10H22O. The maximum atomic E-state index is 5.28. The predicted octanol–water partition coefficient (Wildman–Crippen LogP) is 3.24. The second-order valence-electron chi connectivity index (χ2n) is 3.23. The highest BCUT2D eigenvalue weighted by atomic mass is 16.5. The Labute approximate surface area is 71.1 Å². The van der Waals surface area contributed by atoms with Crippen LogP contribution in [0.4, 0.5) is 0 Å². The second-order valence-corrected chi connectivity index (χ2v) is 3.23. The fraction of sp³-hybridized carbons (Fsp3) is 1.00. The lowest BCUT2D eigenvalue weighted by atomic mass is 10.0. The van der Waals surface area contributed by atoms with E-state index in [1.807, 2.05) is 0 Å². The minimum Gasteiger partial charge on any atom is -0.382 e. The van der Waals surface area contributed by atoms with E-state index >= 15 is 0 Å². The zero-order valence-electron chi connectivity index (χ0n) is 8.23. The summed E-state index contributed by atoms with van der Waals surface area (Å²) < 4.78 is 5.28. The first-order valence-electron chi connectivity index (χ1n) is 4.89. The van der Waals surface area contributed by atoms with Crippen LogP contribution in [0.5, 0.6) is 0 Å².